The van der Waals surface area contributed by atoms with E-state index in [9.17, 15) is 13.2 Å². The summed E-state index contributed by atoms with van der Waals surface area (Å²) in [7, 11) is -1.60. The number of fused-ring (bicyclic) bond motifs is 1. The van der Waals surface area contributed by atoms with Gasteiger partial charge in [-0.05, 0) is 42.3 Å². The average Bonchev–Trinajstić information content (AvgIpc) is 3.18. The van der Waals surface area contributed by atoms with Gasteiger partial charge in [0.1, 0.15) is 5.75 Å². The average molecular weight is 430 g/mol. The van der Waals surface area contributed by atoms with Crippen LogP contribution in [0.2, 0.25) is 0 Å². The quantitative estimate of drug-likeness (QED) is 0.655. The van der Waals surface area contributed by atoms with E-state index in [2.05, 4.69) is 15.9 Å². The number of carbonyl (C=O) groups excluding carboxylic acids is 1. The third kappa shape index (κ3) is 4.15. The van der Waals surface area contributed by atoms with Crippen LogP contribution in [0.15, 0.2) is 42.5 Å². The lowest BCUT2D eigenvalue weighted by atomic mass is 10.0. The fourth-order valence-corrected chi connectivity index (χ4v) is 5.18. The molecule has 2 aromatic carbocycles. The molecule has 0 saturated carbocycles. The van der Waals surface area contributed by atoms with Gasteiger partial charge in [-0.2, -0.15) is 0 Å². The van der Waals surface area contributed by atoms with Gasteiger partial charge in [-0.25, -0.2) is 8.42 Å². The Bertz CT molecular complexity index is 1050. The third-order valence-corrected chi connectivity index (χ3v) is 7.00. The second kappa shape index (κ2) is 8.28. The second-order valence-corrected chi connectivity index (χ2v) is 9.69. The first kappa shape index (κ1) is 20.7. The maximum atomic E-state index is 12.8. The largest absolute Gasteiger partial charge is 0.495 e. The molecule has 160 valence electrons. The van der Waals surface area contributed by atoms with Crippen LogP contribution in [0.1, 0.15) is 15.9 Å². The lowest BCUT2D eigenvalue weighted by Gasteiger charge is -2.36. The highest BCUT2D eigenvalue weighted by Gasteiger charge is 2.27. The molecule has 30 heavy (non-hydrogen) atoms. The van der Waals surface area contributed by atoms with E-state index in [1.807, 2.05) is 24.3 Å². The van der Waals surface area contributed by atoms with Crippen molar-refractivity contribution >= 4 is 27.2 Å². The van der Waals surface area contributed by atoms with Crippen molar-refractivity contribution in [2.45, 2.75) is 6.42 Å². The summed E-state index contributed by atoms with van der Waals surface area (Å²) in [6.45, 7) is 4.08. The van der Waals surface area contributed by atoms with Crippen LogP contribution in [0.25, 0.3) is 0 Å². The predicted octanol–water partition coefficient (Wildman–Crippen LogP) is 2.02. The molecule has 2 heterocycles. The van der Waals surface area contributed by atoms with Crippen LogP contribution in [0.3, 0.4) is 0 Å². The highest BCUT2D eigenvalue weighted by Crippen LogP contribution is 2.31. The van der Waals surface area contributed by atoms with E-state index in [-0.39, 0.29) is 5.78 Å². The molecule has 2 aromatic rings. The Morgan fingerprint density at radius 2 is 1.73 bits per heavy atom. The van der Waals surface area contributed by atoms with Crippen molar-refractivity contribution in [1.82, 2.24) is 4.90 Å². The minimum absolute atomic E-state index is 0.0707. The molecule has 0 bridgehead atoms. The molecule has 0 aliphatic carbocycles. The van der Waals surface area contributed by atoms with Gasteiger partial charge in [0.15, 0.2) is 5.78 Å². The number of anilines is 2. The molecule has 2 aliphatic heterocycles. The number of methoxy groups -OCH3 is 1. The van der Waals surface area contributed by atoms with Crippen molar-refractivity contribution in [3.63, 3.8) is 0 Å². The van der Waals surface area contributed by atoms with Crippen LogP contribution in [0.4, 0.5) is 11.4 Å². The van der Waals surface area contributed by atoms with Gasteiger partial charge in [-0.15, -0.1) is 0 Å². The fraction of sp³-hybridized carbons (Fsp3) is 0.409. The zero-order valence-corrected chi connectivity index (χ0v) is 18.2. The number of hydrogen-bond donors (Lipinski definition) is 0. The maximum Gasteiger partial charge on any atom is 0.232 e. The van der Waals surface area contributed by atoms with Crippen LogP contribution in [0.5, 0.6) is 5.75 Å². The van der Waals surface area contributed by atoms with Gasteiger partial charge < -0.3 is 9.64 Å². The Balaban J connectivity index is 1.38. The highest BCUT2D eigenvalue weighted by molar-refractivity contribution is 7.92. The normalized spacial score (nSPS) is 17.1. The summed E-state index contributed by atoms with van der Waals surface area (Å²) in [5, 5.41) is 0. The van der Waals surface area contributed by atoms with Gasteiger partial charge in [0, 0.05) is 38.3 Å². The number of piperazine rings is 1. The zero-order chi connectivity index (χ0) is 21.3. The number of Topliss-reactive ketones (excluding diaryl/α,β-unsaturated/α-hetero) is 1. The maximum absolute atomic E-state index is 12.8. The number of benzene rings is 2. The summed E-state index contributed by atoms with van der Waals surface area (Å²) in [6, 6.07) is 13.4. The second-order valence-electron chi connectivity index (χ2n) is 7.79. The molecule has 4 rings (SSSR count). The van der Waals surface area contributed by atoms with E-state index in [1.165, 1.54) is 10.6 Å². The van der Waals surface area contributed by atoms with Crippen molar-refractivity contribution in [3.8, 4) is 5.75 Å². The summed E-state index contributed by atoms with van der Waals surface area (Å²) in [5.41, 5.74) is 3.35. The molecule has 0 N–H and O–H groups in total. The molecule has 0 atom stereocenters. The van der Waals surface area contributed by atoms with Crippen LogP contribution in [0, 0.1) is 0 Å². The van der Waals surface area contributed by atoms with Gasteiger partial charge in [-0.1, -0.05) is 12.1 Å². The molecule has 1 fully saturated rings. The lowest BCUT2D eigenvalue weighted by molar-refractivity contribution is 0.0926. The van der Waals surface area contributed by atoms with E-state index in [0.29, 0.717) is 30.8 Å². The Morgan fingerprint density at radius 1 is 1.00 bits per heavy atom. The number of para-hydroxylation sites is 2. The molecule has 7 nitrogen and oxygen atoms in total. The number of rotatable bonds is 6. The van der Waals surface area contributed by atoms with E-state index in [0.717, 1.165) is 43.2 Å². The minimum atomic E-state index is -3.28. The minimum Gasteiger partial charge on any atom is -0.495 e. The predicted molar refractivity (Wildman–Crippen MR) is 118 cm³/mol. The van der Waals surface area contributed by atoms with Crippen LogP contribution in [-0.2, 0) is 16.4 Å². The first-order valence-corrected chi connectivity index (χ1v) is 12.0. The first-order valence-electron chi connectivity index (χ1n) is 10.1. The van der Waals surface area contributed by atoms with Crippen molar-refractivity contribution in [2.75, 3.05) is 61.8 Å². The first-order chi connectivity index (χ1) is 14.4. The zero-order valence-electron chi connectivity index (χ0n) is 17.4. The number of ether oxygens (including phenoxy) is 1. The summed E-state index contributed by atoms with van der Waals surface area (Å²) < 4.78 is 30.6. The van der Waals surface area contributed by atoms with Crippen molar-refractivity contribution in [2.24, 2.45) is 0 Å². The number of sulfonamides is 1. The van der Waals surface area contributed by atoms with Crippen LogP contribution >= 0.6 is 0 Å². The van der Waals surface area contributed by atoms with Gasteiger partial charge in [0.05, 0.1) is 31.3 Å². The van der Waals surface area contributed by atoms with Gasteiger partial charge in [0.2, 0.25) is 10.0 Å². The third-order valence-electron chi connectivity index (χ3n) is 5.82. The summed E-state index contributed by atoms with van der Waals surface area (Å²) in [6.07, 6.45) is 1.85. The highest BCUT2D eigenvalue weighted by atomic mass is 32.2. The van der Waals surface area contributed by atoms with Gasteiger partial charge in [0.25, 0.3) is 0 Å². The fourth-order valence-electron chi connectivity index (χ4n) is 4.22. The number of hydrogen-bond acceptors (Lipinski definition) is 6. The molecule has 0 amide bonds. The lowest BCUT2D eigenvalue weighted by Crippen LogP contribution is -2.48. The van der Waals surface area contributed by atoms with Gasteiger partial charge >= 0.3 is 0 Å². The molecule has 0 unspecified atom stereocenters. The molecule has 1 saturated heterocycles. The molecule has 0 aromatic heterocycles. The number of ketones is 1. The van der Waals surface area contributed by atoms with E-state index in [1.54, 1.807) is 19.2 Å². The van der Waals surface area contributed by atoms with Crippen LogP contribution < -0.4 is 13.9 Å². The summed E-state index contributed by atoms with van der Waals surface area (Å²) >= 11 is 0. The smallest absolute Gasteiger partial charge is 0.232 e. The molecule has 8 heteroatoms. The molecule has 0 spiro atoms. The summed E-state index contributed by atoms with van der Waals surface area (Å²) in [4.78, 5) is 17.3. The Labute approximate surface area is 177 Å². The molecule has 0 radical (unpaired) electrons. The molecule has 2 aliphatic rings. The topological polar surface area (TPSA) is 70.2 Å². The van der Waals surface area contributed by atoms with E-state index in [4.69, 9.17) is 4.74 Å². The molecular formula is C22H27N3O4S. The van der Waals surface area contributed by atoms with Crippen molar-refractivity contribution in [1.29, 1.82) is 0 Å². The van der Waals surface area contributed by atoms with Gasteiger partial charge in [-0.3, -0.25) is 14.0 Å². The standard InChI is InChI=1S/C22H27N3O4S/c1-29-22-6-4-3-5-20(22)24-13-11-23(12-14-24)16-21(26)18-7-8-19-17(15-18)9-10-25(19)30(2,27)28/h3-8,15H,9-14,16H2,1-2H3. The Kier molecular flexibility index (Phi) is 5.71. The monoisotopic (exact) mass is 429 g/mol. The summed E-state index contributed by atoms with van der Waals surface area (Å²) in [5.74, 6) is 0.935. The SMILES string of the molecule is COc1ccccc1N1CCN(CC(=O)c2ccc3c(c2)CCN3S(C)(=O)=O)CC1. The van der Waals surface area contributed by atoms with Crippen LogP contribution in [-0.4, -0.2) is 71.7 Å². The number of nitrogens with zero attached hydrogens (tertiary/aromatic N) is 3. The van der Waals surface area contributed by atoms with Crippen molar-refractivity contribution in [3.05, 3.63) is 53.6 Å². The van der Waals surface area contributed by atoms with E-state index < -0.39 is 10.0 Å². The van der Waals surface area contributed by atoms with Crippen molar-refractivity contribution < 1.29 is 17.9 Å². The van der Waals surface area contributed by atoms with E-state index >= 15 is 0 Å². The Hall–Kier alpha value is -2.58. The molecular weight excluding hydrogens is 402 g/mol. The number of carbonyl (C=O) groups is 1. The Morgan fingerprint density at radius 3 is 2.43 bits per heavy atom.